The summed E-state index contributed by atoms with van der Waals surface area (Å²) >= 11 is 1.88. The molecule has 0 aliphatic carbocycles. The monoisotopic (exact) mass is 238 g/mol. The van der Waals surface area contributed by atoms with Gasteiger partial charge in [-0.05, 0) is 43.7 Å². The molecule has 2 rings (SSSR count). The molecule has 1 aromatic heterocycles. The second-order valence-electron chi connectivity index (χ2n) is 4.59. The van der Waals surface area contributed by atoms with Gasteiger partial charge in [0, 0.05) is 24.0 Å². The van der Waals surface area contributed by atoms with Gasteiger partial charge in [-0.15, -0.1) is 11.3 Å². The van der Waals surface area contributed by atoms with Crippen LogP contribution in [-0.4, -0.2) is 30.6 Å². The van der Waals surface area contributed by atoms with Gasteiger partial charge in [-0.3, -0.25) is 4.90 Å². The maximum Gasteiger partial charge on any atom is 0.0108 e. The topological polar surface area (TPSA) is 29.3 Å². The lowest BCUT2D eigenvalue weighted by molar-refractivity contribution is 0.145. The summed E-state index contributed by atoms with van der Waals surface area (Å²) < 4.78 is 0. The van der Waals surface area contributed by atoms with Gasteiger partial charge in [-0.2, -0.15) is 0 Å². The van der Waals surface area contributed by atoms with Crippen LogP contribution in [0.5, 0.6) is 0 Å². The third kappa shape index (κ3) is 3.30. The number of nitrogens with two attached hydrogens (primary N) is 1. The lowest BCUT2D eigenvalue weighted by Gasteiger charge is -2.35. The highest BCUT2D eigenvalue weighted by molar-refractivity contribution is 7.09. The van der Waals surface area contributed by atoms with E-state index in [2.05, 4.69) is 22.4 Å². The molecule has 1 fully saturated rings. The third-order valence-corrected chi connectivity index (χ3v) is 4.41. The molecule has 2 nitrogen and oxygen atoms in total. The van der Waals surface area contributed by atoms with E-state index >= 15 is 0 Å². The van der Waals surface area contributed by atoms with Crippen LogP contribution in [0.4, 0.5) is 0 Å². The fourth-order valence-electron chi connectivity index (χ4n) is 2.61. The van der Waals surface area contributed by atoms with Crippen LogP contribution in [0.2, 0.25) is 0 Å². The summed E-state index contributed by atoms with van der Waals surface area (Å²) in [5.74, 6) is 0. The van der Waals surface area contributed by atoms with Gasteiger partial charge in [0.2, 0.25) is 0 Å². The molecule has 16 heavy (non-hydrogen) atoms. The van der Waals surface area contributed by atoms with Gasteiger partial charge in [0.15, 0.2) is 0 Å². The van der Waals surface area contributed by atoms with Gasteiger partial charge in [0.1, 0.15) is 0 Å². The molecule has 1 aliphatic heterocycles. The second kappa shape index (κ2) is 6.38. The van der Waals surface area contributed by atoms with E-state index in [4.69, 9.17) is 5.73 Å². The Bertz CT molecular complexity index is 282. The molecule has 0 bridgehead atoms. The van der Waals surface area contributed by atoms with E-state index in [1.807, 2.05) is 11.3 Å². The maximum absolute atomic E-state index is 5.67. The normalized spacial score (nSPS) is 22.4. The number of hydrogen-bond acceptors (Lipinski definition) is 3. The van der Waals surface area contributed by atoms with E-state index in [0.717, 1.165) is 19.1 Å². The summed E-state index contributed by atoms with van der Waals surface area (Å²) in [7, 11) is 0. The maximum atomic E-state index is 5.67. The summed E-state index contributed by atoms with van der Waals surface area (Å²) in [4.78, 5) is 4.12. The van der Waals surface area contributed by atoms with Crippen molar-refractivity contribution in [1.82, 2.24) is 4.90 Å². The highest BCUT2D eigenvalue weighted by atomic mass is 32.1. The molecular weight excluding hydrogens is 216 g/mol. The summed E-state index contributed by atoms with van der Waals surface area (Å²) in [6.45, 7) is 3.14. The summed E-state index contributed by atoms with van der Waals surface area (Å²) in [5, 5.41) is 2.17. The lowest BCUT2D eigenvalue weighted by Crippen LogP contribution is -2.42. The minimum absolute atomic E-state index is 0.777. The molecule has 1 aliphatic rings. The van der Waals surface area contributed by atoms with Crippen molar-refractivity contribution in [3.05, 3.63) is 22.4 Å². The molecule has 0 aromatic carbocycles. The molecule has 1 atom stereocenters. The van der Waals surface area contributed by atoms with Crippen LogP contribution < -0.4 is 5.73 Å². The Morgan fingerprint density at radius 1 is 1.44 bits per heavy atom. The van der Waals surface area contributed by atoms with Crippen molar-refractivity contribution >= 4 is 11.3 Å². The fourth-order valence-corrected chi connectivity index (χ4v) is 3.34. The van der Waals surface area contributed by atoms with Crippen LogP contribution in [-0.2, 0) is 6.42 Å². The minimum atomic E-state index is 0.777. The number of likely N-dealkylation sites (tertiary alicyclic amines) is 1. The molecule has 3 heteroatoms. The van der Waals surface area contributed by atoms with Crippen LogP contribution >= 0.6 is 11.3 Å². The molecule has 2 N–H and O–H groups in total. The zero-order valence-electron chi connectivity index (χ0n) is 9.90. The molecule has 2 heterocycles. The Morgan fingerprint density at radius 3 is 3.12 bits per heavy atom. The first kappa shape index (κ1) is 12.1. The molecule has 0 radical (unpaired) electrons. The number of rotatable bonds is 5. The molecule has 0 saturated carbocycles. The van der Waals surface area contributed by atoms with Crippen molar-refractivity contribution in [2.24, 2.45) is 5.73 Å². The van der Waals surface area contributed by atoms with Crippen molar-refractivity contribution < 1.29 is 0 Å². The first-order valence-corrected chi connectivity index (χ1v) is 7.24. The summed E-state index contributed by atoms with van der Waals surface area (Å²) in [6, 6.07) is 5.18. The minimum Gasteiger partial charge on any atom is -0.329 e. The second-order valence-corrected chi connectivity index (χ2v) is 5.62. The van der Waals surface area contributed by atoms with Gasteiger partial charge in [0.25, 0.3) is 0 Å². The van der Waals surface area contributed by atoms with Crippen molar-refractivity contribution in [3.63, 3.8) is 0 Å². The Kier molecular flexibility index (Phi) is 4.82. The van der Waals surface area contributed by atoms with Crippen molar-refractivity contribution in [2.75, 3.05) is 19.6 Å². The zero-order chi connectivity index (χ0) is 11.2. The number of nitrogens with zero attached hydrogens (tertiary/aromatic N) is 1. The molecular formula is C13H22N2S. The molecule has 90 valence electrons. The Labute approximate surface area is 102 Å². The number of piperidine rings is 1. The standard InChI is InChI=1S/C13H22N2S/c14-8-10-15-9-2-1-4-12(15)6-7-13-5-3-11-16-13/h3,5,11-12H,1-2,4,6-10,14H2/t12-/m1/s1. The first-order chi connectivity index (χ1) is 7.90. The van der Waals surface area contributed by atoms with Gasteiger partial charge in [-0.1, -0.05) is 12.5 Å². The average molecular weight is 238 g/mol. The fraction of sp³-hybridized carbons (Fsp3) is 0.692. The van der Waals surface area contributed by atoms with E-state index in [0.29, 0.717) is 0 Å². The van der Waals surface area contributed by atoms with E-state index in [9.17, 15) is 0 Å². The van der Waals surface area contributed by atoms with Crippen molar-refractivity contribution in [2.45, 2.75) is 38.1 Å². The van der Waals surface area contributed by atoms with Crippen LogP contribution in [0.1, 0.15) is 30.6 Å². The Balaban J connectivity index is 1.81. The summed E-state index contributed by atoms with van der Waals surface area (Å²) in [6.07, 6.45) is 6.67. The molecule has 0 unspecified atom stereocenters. The van der Waals surface area contributed by atoms with Crippen LogP contribution in [0.25, 0.3) is 0 Å². The zero-order valence-corrected chi connectivity index (χ0v) is 10.7. The molecule has 0 spiro atoms. The van der Waals surface area contributed by atoms with E-state index in [1.165, 1.54) is 43.5 Å². The Hall–Kier alpha value is -0.380. The third-order valence-electron chi connectivity index (χ3n) is 3.47. The van der Waals surface area contributed by atoms with Gasteiger partial charge < -0.3 is 5.73 Å². The van der Waals surface area contributed by atoms with Gasteiger partial charge >= 0.3 is 0 Å². The predicted molar refractivity (Wildman–Crippen MR) is 70.9 cm³/mol. The number of thiophene rings is 1. The average Bonchev–Trinajstić information content (AvgIpc) is 2.81. The SMILES string of the molecule is NCCN1CCCC[C@@H]1CCc1cccs1. The van der Waals surface area contributed by atoms with E-state index < -0.39 is 0 Å². The molecule has 1 saturated heterocycles. The van der Waals surface area contributed by atoms with Gasteiger partial charge in [-0.25, -0.2) is 0 Å². The largest absolute Gasteiger partial charge is 0.329 e. The number of hydrogen-bond donors (Lipinski definition) is 1. The highest BCUT2D eigenvalue weighted by Gasteiger charge is 2.21. The predicted octanol–water partition coefficient (Wildman–Crippen LogP) is 2.49. The van der Waals surface area contributed by atoms with E-state index in [-0.39, 0.29) is 0 Å². The first-order valence-electron chi connectivity index (χ1n) is 6.36. The smallest absolute Gasteiger partial charge is 0.0108 e. The van der Waals surface area contributed by atoms with E-state index in [1.54, 1.807) is 0 Å². The molecule has 0 amide bonds. The molecule has 1 aromatic rings. The van der Waals surface area contributed by atoms with Crippen molar-refractivity contribution in [1.29, 1.82) is 0 Å². The van der Waals surface area contributed by atoms with Crippen LogP contribution in [0, 0.1) is 0 Å². The summed E-state index contributed by atoms with van der Waals surface area (Å²) in [5.41, 5.74) is 5.67. The van der Waals surface area contributed by atoms with Gasteiger partial charge in [0.05, 0.1) is 0 Å². The van der Waals surface area contributed by atoms with Crippen LogP contribution in [0.15, 0.2) is 17.5 Å². The highest BCUT2D eigenvalue weighted by Crippen LogP contribution is 2.22. The Morgan fingerprint density at radius 2 is 2.38 bits per heavy atom. The number of aryl methyl sites for hydroxylation is 1. The quantitative estimate of drug-likeness (QED) is 0.854. The lowest BCUT2D eigenvalue weighted by atomic mass is 9.97. The van der Waals surface area contributed by atoms with Crippen molar-refractivity contribution in [3.8, 4) is 0 Å². The van der Waals surface area contributed by atoms with Crippen LogP contribution in [0.3, 0.4) is 0 Å².